The zero-order valence-electron chi connectivity index (χ0n) is 44.7. The van der Waals surface area contributed by atoms with E-state index in [1.807, 2.05) is 0 Å². The molecule has 6 unspecified atom stereocenters. The third-order valence-electron chi connectivity index (χ3n) is 12.8. The monoisotopic (exact) mass is 983 g/mol. The highest BCUT2D eigenvalue weighted by molar-refractivity contribution is 5.69. The van der Waals surface area contributed by atoms with Crippen LogP contribution < -0.4 is 0 Å². The molecule has 0 spiro atoms. The molecule has 1 heterocycles. The number of hydrogen-bond donors (Lipinski definition) is 4. The molecule has 0 radical (unpaired) electrons. The van der Waals surface area contributed by atoms with Crippen molar-refractivity contribution >= 4 is 5.97 Å². The zero-order chi connectivity index (χ0) is 50.6. The average molecular weight is 984 g/mol. The largest absolute Gasteiger partial charge is 0.457 e. The number of ether oxygens (including phenoxy) is 4. The third-order valence-corrected chi connectivity index (χ3v) is 12.8. The van der Waals surface area contributed by atoms with Crippen LogP contribution in [0.4, 0.5) is 0 Å². The maximum Gasteiger partial charge on any atom is 0.306 e. The van der Waals surface area contributed by atoms with E-state index in [1.165, 1.54) is 128 Å². The molecule has 0 bridgehead atoms. The Labute approximate surface area is 429 Å². The second-order valence-corrected chi connectivity index (χ2v) is 19.4. The minimum absolute atomic E-state index is 0.129. The molecule has 1 fully saturated rings. The van der Waals surface area contributed by atoms with Gasteiger partial charge in [0.15, 0.2) is 6.29 Å². The molecule has 1 aliphatic rings. The van der Waals surface area contributed by atoms with Gasteiger partial charge in [0.05, 0.1) is 19.8 Å². The lowest BCUT2D eigenvalue weighted by Crippen LogP contribution is -2.59. The van der Waals surface area contributed by atoms with Crippen LogP contribution in [0.15, 0.2) is 85.1 Å². The molecule has 4 N–H and O–H groups in total. The van der Waals surface area contributed by atoms with Crippen LogP contribution in [0.2, 0.25) is 0 Å². The fourth-order valence-electron chi connectivity index (χ4n) is 8.41. The lowest BCUT2D eigenvalue weighted by molar-refractivity contribution is -0.305. The molecular formula is C61H106O9. The van der Waals surface area contributed by atoms with Crippen molar-refractivity contribution in [3.8, 4) is 0 Å². The van der Waals surface area contributed by atoms with E-state index in [1.54, 1.807) is 0 Å². The summed E-state index contributed by atoms with van der Waals surface area (Å²) in [4.78, 5) is 12.9. The fourth-order valence-corrected chi connectivity index (χ4v) is 8.41. The Balaban J connectivity index is 2.20. The van der Waals surface area contributed by atoms with Gasteiger partial charge in [-0.05, 0) is 70.6 Å². The molecule has 1 rings (SSSR count). The number of carbonyl (C=O) groups excluding carboxylic acids is 1. The highest BCUT2D eigenvalue weighted by Crippen LogP contribution is 2.23. The van der Waals surface area contributed by atoms with Crippen molar-refractivity contribution in [1.29, 1.82) is 0 Å². The van der Waals surface area contributed by atoms with Crippen LogP contribution in [0.3, 0.4) is 0 Å². The van der Waals surface area contributed by atoms with Gasteiger partial charge < -0.3 is 39.4 Å². The Bertz CT molecular complexity index is 1350. The van der Waals surface area contributed by atoms with Gasteiger partial charge in [-0.2, -0.15) is 0 Å². The molecule has 0 aromatic carbocycles. The minimum Gasteiger partial charge on any atom is -0.457 e. The molecule has 70 heavy (non-hydrogen) atoms. The highest BCUT2D eigenvalue weighted by atomic mass is 16.7. The molecule has 9 heteroatoms. The first-order valence-electron chi connectivity index (χ1n) is 28.7. The first kappa shape index (κ1) is 65.4. The quantitative estimate of drug-likeness (QED) is 0.0267. The van der Waals surface area contributed by atoms with Gasteiger partial charge in [0.1, 0.15) is 30.5 Å². The summed E-state index contributed by atoms with van der Waals surface area (Å²) in [6, 6.07) is 0. The van der Waals surface area contributed by atoms with E-state index in [-0.39, 0.29) is 25.6 Å². The lowest BCUT2D eigenvalue weighted by Gasteiger charge is -2.39. The topological polar surface area (TPSA) is 135 Å². The predicted octanol–water partition coefficient (Wildman–Crippen LogP) is 14.9. The van der Waals surface area contributed by atoms with Gasteiger partial charge in [0.25, 0.3) is 0 Å². The van der Waals surface area contributed by atoms with E-state index in [0.29, 0.717) is 13.0 Å². The van der Waals surface area contributed by atoms with Crippen molar-refractivity contribution in [1.82, 2.24) is 0 Å². The Morgan fingerprint density at radius 3 is 1.30 bits per heavy atom. The van der Waals surface area contributed by atoms with Crippen LogP contribution in [-0.4, -0.2) is 89.6 Å². The number of rotatable bonds is 49. The summed E-state index contributed by atoms with van der Waals surface area (Å²) in [6.45, 7) is 4.43. The smallest absolute Gasteiger partial charge is 0.306 e. The Kier molecular flexibility index (Phi) is 47.9. The number of aliphatic hydroxyl groups is 4. The van der Waals surface area contributed by atoms with Crippen molar-refractivity contribution in [3.05, 3.63) is 85.1 Å². The molecule has 0 saturated carbocycles. The molecule has 6 atom stereocenters. The number of aliphatic hydroxyl groups excluding tert-OH is 4. The van der Waals surface area contributed by atoms with E-state index in [9.17, 15) is 25.2 Å². The molecule has 0 amide bonds. The van der Waals surface area contributed by atoms with Gasteiger partial charge in [-0.1, -0.05) is 240 Å². The summed E-state index contributed by atoms with van der Waals surface area (Å²) in [5, 5.41) is 40.3. The second kappa shape index (κ2) is 51.3. The van der Waals surface area contributed by atoms with Gasteiger partial charge in [0, 0.05) is 13.0 Å². The van der Waals surface area contributed by atoms with Crippen molar-refractivity contribution < 1.29 is 44.2 Å². The maximum atomic E-state index is 12.9. The normalized spacial score (nSPS) is 19.5. The molecule has 0 aromatic rings. The predicted molar refractivity (Wildman–Crippen MR) is 293 cm³/mol. The SMILES string of the molecule is CC/C=C\C/C=C\C/C=C\C/C=C\C/C=C\C/C=C\C/C=C\CCCCCC(=O)OC(COCCCCCCCCCCCCCCCCCCCCCCCC)COC1OC(CO)C(O)C(O)C1O. The van der Waals surface area contributed by atoms with Crippen LogP contribution in [0.5, 0.6) is 0 Å². The van der Waals surface area contributed by atoms with E-state index in [2.05, 4.69) is 98.9 Å². The molecule has 9 nitrogen and oxygen atoms in total. The molecule has 0 aromatic heterocycles. The lowest BCUT2D eigenvalue weighted by atomic mass is 9.99. The van der Waals surface area contributed by atoms with Gasteiger partial charge in [0.2, 0.25) is 0 Å². The average Bonchev–Trinajstić information content (AvgIpc) is 3.36. The van der Waals surface area contributed by atoms with Crippen LogP contribution in [0.1, 0.15) is 232 Å². The Hall–Kier alpha value is -2.63. The van der Waals surface area contributed by atoms with Crippen LogP contribution in [-0.2, 0) is 23.7 Å². The van der Waals surface area contributed by atoms with Gasteiger partial charge in [-0.3, -0.25) is 4.79 Å². The van der Waals surface area contributed by atoms with Crippen molar-refractivity contribution in [2.75, 3.05) is 26.4 Å². The fraction of sp³-hybridized carbons (Fsp3) is 0.754. The molecule has 1 saturated heterocycles. The summed E-state index contributed by atoms with van der Waals surface area (Å²) in [7, 11) is 0. The first-order chi connectivity index (χ1) is 34.4. The summed E-state index contributed by atoms with van der Waals surface area (Å²) in [5.41, 5.74) is 0. The summed E-state index contributed by atoms with van der Waals surface area (Å²) < 4.78 is 22.9. The van der Waals surface area contributed by atoms with E-state index in [0.717, 1.165) is 77.0 Å². The van der Waals surface area contributed by atoms with Gasteiger partial charge in [-0.15, -0.1) is 0 Å². The van der Waals surface area contributed by atoms with E-state index in [4.69, 9.17) is 18.9 Å². The van der Waals surface area contributed by atoms with Crippen molar-refractivity contribution in [2.24, 2.45) is 0 Å². The molecular weight excluding hydrogens is 877 g/mol. The van der Waals surface area contributed by atoms with Gasteiger partial charge >= 0.3 is 5.97 Å². The minimum atomic E-state index is -1.55. The number of esters is 1. The van der Waals surface area contributed by atoms with Crippen molar-refractivity contribution in [3.63, 3.8) is 0 Å². The standard InChI is InChI=1S/C61H106O9/c1-3-5-7-9-11-13-15-17-19-21-23-25-27-28-29-30-32-34-36-38-40-42-44-46-48-50-57(63)69-55(54-68-61-60(66)59(65)58(64)56(52-62)70-61)53-67-51-49-47-45-43-41-39-37-35-33-31-26-24-22-20-18-16-14-12-10-8-6-4-2/h5,7,11,13,17,19,23,25,28-29,32,34,38,40,55-56,58-62,64-66H,3-4,6,8-10,12,14-16,18,20-22,24,26-27,30-31,33,35-37,39,41-54H2,1-2H3/b7-5-,13-11-,19-17-,25-23-,29-28-,34-32-,40-38-. The van der Waals surface area contributed by atoms with Gasteiger partial charge in [-0.25, -0.2) is 0 Å². The van der Waals surface area contributed by atoms with Crippen LogP contribution in [0, 0.1) is 0 Å². The highest BCUT2D eigenvalue weighted by Gasteiger charge is 2.44. The van der Waals surface area contributed by atoms with Crippen LogP contribution >= 0.6 is 0 Å². The second-order valence-electron chi connectivity index (χ2n) is 19.4. The number of carbonyl (C=O) groups is 1. The van der Waals surface area contributed by atoms with Crippen molar-refractivity contribution in [2.45, 2.75) is 269 Å². The zero-order valence-corrected chi connectivity index (χ0v) is 44.7. The Morgan fingerprint density at radius 2 is 0.871 bits per heavy atom. The summed E-state index contributed by atoms with van der Waals surface area (Å²) in [5.74, 6) is -0.344. The van der Waals surface area contributed by atoms with E-state index < -0.39 is 43.4 Å². The molecule has 0 aliphatic carbocycles. The number of allylic oxidation sites excluding steroid dienone is 14. The van der Waals surface area contributed by atoms with Crippen LogP contribution in [0.25, 0.3) is 0 Å². The number of unbranched alkanes of at least 4 members (excludes halogenated alkanes) is 24. The van der Waals surface area contributed by atoms with E-state index >= 15 is 0 Å². The maximum absolute atomic E-state index is 12.9. The summed E-state index contributed by atoms with van der Waals surface area (Å²) in [6.07, 6.45) is 63.4. The molecule has 1 aliphatic heterocycles. The molecule has 404 valence electrons. The third kappa shape index (κ3) is 40.9. The number of hydrogen-bond acceptors (Lipinski definition) is 9. The first-order valence-corrected chi connectivity index (χ1v) is 28.7. The Morgan fingerprint density at radius 1 is 0.471 bits per heavy atom. The summed E-state index contributed by atoms with van der Waals surface area (Å²) >= 11 is 0.